The molecule has 1 fully saturated rings. The molecule has 6 heteroatoms. The van der Waals surface area contributed by atoms with Gasteiger partial charge in [-0.3, -0.25) is 9.79 Å². The maximum atomic E-state index is 11.8. The second-order valence-corrected chi connectivity index (χ2v) is 4.67. The highest BCUT2D eigenvalue weighted by molar-refractivity contribution is 5.77. The van der Waals surface area contributed by atoms with Crippen LogP contribution in [0.4, 0.5) is 0 Å². The Morgan fingerprint density at radius 2 is 2.29 bits per heavy atom. The van der Waals surface area contributed by atoms with E-state index in [0.717, 1.165) is 19.4 Å². The van der Waals surface area contributed by atoms with Crippen molar-refractivity contribution < 1.29 is 9.90 Å². The minimum absolute atomic E-state index is 0.00870. The van der Waals surface area contributed by atoms with Crippen LogP contribution >= 0.6 is 0 Å². The van der Waals surface area contributed by atoms with Gasteiger partial charge in [0, 0.05) is 19.6 Å². The van der Waals surface area contributed by atoms with Crippen molar-refractivity contribution in [1.82, 2.24) is 4.90 Å². The van der Waals surface area contributed by atoms with E-state index < -0.39 is 6.10 Å². The Morgan fingerprint density at radius 1 is 1.59 bits per heavy atom. The second-order valence-electron chi connectivity index (χ2n) is 4.67. The van der Waals surface area contributed by atoms with Gasteiger partial charge in [0.05, 0.1) is 12.5 Å². The van der Waals surface area contributed by atoms with Crippen LogP contribution in [-0.4, -0.2) is 47.6 Å². The monoisotopic (exact) mass is 242 g/mol. The van der Waals surface area contributed by atoms with Gasteiger partial charge in [-0.2, -0.15) is 0 Å². The van der Waals surface area contributed by atoms with Gasteiger partial charge in [0.15, 0.2) is 5.96 Å². The van der Waals surface area contributed by atoms with Crippen LogP contribution in [0.3, 0.4) is 0 Å². The van der Waals surface area contributed by atoms with Crippen molar-refractivity contribution >= 4 is 11.9 Å². The first-order valence-corrected chi connectivity index (χ1v) is 6.00. The van der Waals surface area contributed by atoms with Crippen LogP contribution < -0.4 is 11.5 Å². The number of carbonyl (C=O) groups excluding carboxylic acids is 1. The number of hydrogen-bond acceptors (Lipinski definition) is 3. The highest BCUT2D eigenvalue weighted by Crippen LogP contribution is 2.17. The molecule has 1 aliphatic heterocycles. The number of carbonyl (C=O) groups is 1. The van der Waals surface area contributed by atoms with Gasteiger partial charge in [-0.05, 0) is 25.7 Å². The van der Waals surface area contributed by atoms with E-state index in [1.807, 2.05) is 0 Å². The van der Waals surface area contributed by atoms with Crippen molar-refractivity contribution in [2.45, 2.75) is 32.3 Å². The number of aliphatic hydroxyl groups is 1. The summed E-state index contributed by atoms with van der Waals surface area (Å²) in [5.41, 5.74) is 10.6. The van der Waals surface area contributed by atoms with E-state index in [0.29, 0.717) is 19.0 Å². The molecule has 0 bridgehead atoms. The lowest BCUT2D eigenvalue weighted by Crippen LogP contribution is -2.42. The molecule has 1 amide bonds. The average molecular weight is 242 g/mol. The number of guanidine groups is 1. The van der Waals surface area contributed by atoms with Gasteiger partial charge in [-0.25, -0.2) is 0 Å². The first-order chi connectivity index (χ1) is 7.99. The van der Waals surface area contributed by atoms with E-state index in [1.165, 1.54) is 0 Å². The number of hydrogen-bond donors (Lipinski definition) is 3. The molecule has 1 aliphatic rings. The summed E-state index contributed by atoms with van der Waals surface area (Å²) in [7, 11) is 0. The summed E-state index contributed by atoms with van der Waals surface area (Å²) >= 11 is 0. The lowest BCUT2D eigenvalue weighted by atomic mass is 9.98. The SMILES string of the molecule is CC(O)CC(=O)N1CCCC(CN=C(N)N)C1. The van der Waals surface area contributed by atoms with Crippen LogP contribution in [0.2, 0.25) is 0 Å². The molecule has 2 atom stereocenters. The van der Waals surface area contributed by atoms with Crippen molar-refractivity contribution in [2.75, 3.05) is 19.6 Å². The molecule has 1 saturated heterocycles. The van der Waals surface area contributed by atoms with Crippen LogP contribution in [-0.2, 0) is 4.79 Å². The zero-order valence-electron chi connectivity index (χ0n) is 10.3. The van der Waals surface area contributed by atoms with E-state index in [2.05, 4.69) is 4.99 Å². The fourth-order valence-corrected chi connectivity index (χ4v) is 2.06. The Labute approximate surface area is 102 Å². The molecule has 0 aromatic carbocycles. The smallest absolute Gasteiger partial charge is 0.225 e. The number of aliphatic imine (C=N–C) groups is 1. The molecule has 1 rings (SSSR count). The molecule has 0 saturated carbocycles. The van der Waals surface area contributed by atoms with Crippen molar-refractivity contribution in [2.24, 2.45) is 22.4 Å². The zero-order valence-corrected chi connectivity index (χ0v) is 10.3. The summed E-state index contributed by atoms with van der Waals surface area (Å²) in [6.45, 7) is 3.64. The highest BCUT2D eigenvalue weighted by Gasteiger charge is 2.23. The van der Waals surface area contributed by atoms with Crippen molar-refractivity contribution in [3.63, 3.8) is 0 Å². The second kappa shape index (κ2) is 6.44. The summed E-state index contributed by atoms with van der Waals surface area (Å²) in [5.74, 6) is 0.427. The van der Waals surface area contributed by atoms with Crippen LogP contribution in [0.1, 0.15) is 26.2 Å². The molecular weight excluding hydrogens is 220 g/mol. The van der Waals surface area contributed by atoms with Crippen LogP contribution in [0.5, 0.6) is 0 Å². The standard InChI is InChI=1S/C11H22N4O2/c1-8(16)5-10(17)15-4-2-3-9(7-15)6-14-11(12)13/h8-9,16H,2-7H2,1H3,(H4,12,13,14). The Kier molecular flexibility index (Phi) is 5.21. The van der Waals surface area contributed by atoms with Gasteiger partial charge in [0.25, 0.3) is 0 Å². The Bertz CT molecular complexity index is 287. The summed E-state index contributed by atoms with van der Waals surface area (Å²) in [4.78, 5) is 17.6. The van der Waals surface area contributed by atoms with Crippen LogP contribution in [0, 0.1) is 5.92 Å². The third-order valence-corrected chi connectivity index (χ3v) is 2.87. The van der Waals surface area contributed by atoms with Gasteiger partial charge in [0.2, 0.25) is 5.91 Å². The molecule has 5 N–H and O–H groups in total. The van der Waals surface area contributed by atoms with Crippen LogP contribution in [0.25, 0.3) is 0 Å². The number of nitrogens with zero attached hydrogens (tertiary/aromatic N) is 2. The lowest BCUT2D eigenvalue weighted by Gasteiger charge is -2.32. The van der Waals surface area contributed by atoms with Gasteiger partial charge >= 0.3 is 0 Å². The number of nitrogens with two attached hydrogens (primary N) is 2. The maximum Gasteiger partial charge on any atom is 0.225 e. The Balaban J connectivity index is 2.43. The number of aliphatic hydroxyl groups excluding tert-OH is 1. The zero-order chi connectivity index (χ0) is 12.8. The predicted octanol–water partition coefficient (Wildman–Crippen LogP) is -0.731. The fourth-order valence-electron chi connectivity index (χ4n) is 2.06. The summed E-state index contributed by atoms with van der Waals surface area (Å²) in [5, 5.41) is 9.19. The number of amides is 1. The average Bonchev–Trinajstić information content (AvgIpc) is 2.26. The van der Waals surface area contributed by atoms with Gasteiger partial charge in [-0.1, -0.05) is 0 Å². The molecule has 0 aliphatic carbocycles. The molecule has 6 nitrogen and oxygen atoms in total. The maximum absolute atomic E-state index is 11.8. The molecule has 0 spiro atoms. The number of rotatable bonds is 4. The van der Waals surface area contributed by atoms with E-state index >= 15 is 0 Å². The summed E-state index contributed by atoms with van der Waals surface area (Å²) in [6, 6.07) is 0. The Hall–Kier alpha value is -1.30. The van der Waals surface area contributed by atoms with Crippen LogP contribution in [0.15, 0.2) is 4.99 Å². The highest BCUT2D eigenvalue weighted by atomic mass is 16.3. The summed E-state index contributed by atoms with van der Waals surface area (Å²) in [6.07, 6.45) is 1.61. The lowest BCUT2D eigenvalue weighted by molar-refractivity contribution is -0.134. The van der Waals surface area contributed by atoms with E-state index in [9.17, 15) is 9.90 Å². The van der Waals surface area contributed by atoms with E-state index in [-0.39, 0.29) is 18.3 Å². The minimum atomic E-state index is -0.583. The molecule has 0 aromatic heterocycles. The first kappa shape index (κ1) is 13.8. The quantitative estimate of drug-likeness (QED) is 0.446. The molecule has 17 heavy (non-hydrogen) atoms. The molecule has 0 radical (unpaired) electrons. The van der Waals surface area contributed by atoms with E-state index in [1.54, 1.807) is 11.8 Å². The molecule has 2 unspecified atom stereocenters. The minimum Gasteiger partial charge on any atom is -0.393 e. The first-order valence-electron chi connectivity index (χ1n) is 6.00. The predicted molar refractivity (Wildman–Crippen MR) is 66.3 cm³/mol. The van der Waals surface area contributed by atoms with Gasteiger partial charge in [-0.15, -0.1) is 0 Å². The number of piperidine rings is 1. The van der Waals surface area contributed by atoms with Crippen molar-refractivity contribution in [3.05, 3.63) is 0 Å². The molecule has 1 heterocycles. The Morgan fingerprint density at radius 3 is 2.88 bits per heavy atom. The van der Waals surface area contributed by atoms with Crippen molar-refractivity contribution in [3.8, 4) is 0 Å². The number of likely N-dealkylation sites (tertiary alicyclic amines) is 1. The molecular formula is C11H22N4O2. The largest absolute Gasteiger partial charge is 0.393 e. The third kappa shape index (κ3) is 5.04. The van der Waals surface area contributed by atoms with Gasteiger partial charge < -0.3 is 21.5 Å². The molecule has 0 aromatic rings. The third-order valence-electron chi connectivity index (χ3n) is 2.87. The summed E-state index contributed by atoms with van der Waals surface area (Å²) < 4.78 is 0. The molecule has 98 valence electrons. The van der Waals surface area contributed by atoms with Gasteiger partial charge in [0.1, 0.15) is 0 Å². The normalized spacial score (nSPS) is 22.0. The van der Waals surface area contributed by atoms with E-state index in [4.69, 9.17) is 11.5 Å². The van der Waals surface area contributed by atoms with Crippen molar-refractivity contribution in [1.29, 1.82) is 0 Å². The topological polar surface area (TPSA) is 105 Å². The fraction of sp³-hybridized carbons (Fsp3) is 0.818.